The fourth-order valence-corrected chi connectivity index (χ4v) is 2.49. The van der Waals surface area contributed by atoms with Gasteiger partial charge in [-0.05, 0) is 58.9 Å². The first-order chi connectivity index (χ1) is 10.7. The van der Waals surface area contributed by atoms with Crippen molar-refractivity contribution >= 4 is 11.9 Å². The average molecular weight is 323 g/mol. The van der Waals surface area contributed by atoms with Crippen LogP contribution in [-0.2, 0) is 9.47 Å². The predicted molar refractivity (Wildman–Crippen MR) is 84.3 cm³/mol. The lowest BCUT2D eigenvalue weighted by Gasteiger charge is -2.19. The van der Waals surface area contributed by atoms with E-state index in [-0.39, 0.29) is 23.8 Å². The molecule has 1 fully saturated rings. The maximum atomic E-state index is 12.3. The van der Waals surface area contributed by atoms with Crippen molar-refractivity contribution in [3.63, 3.8) is 0 Å². The minimum atomic E-state index is -0.802. The summed E-state index contributed by atoms with van der Waals surface area (Å²) in [6.45, 7) is 8.92. The molecule has 0 saturated heterocycles. The molecule has 2 N–H and O–H groups in total. The summed E-state index contributed by atoms with van der Waals surface area (Å²) >= 11 is 0. The lowest BCUT2D eigenvalue weighted by atomic mass is 10.0. The van der Waals surface area contributed by atoms with Crippen molar-refractivity contribution in [2.24, 2.45) is 5.92 Å². The molecule has 0 aliphatic heterocycles. The van der Waals surface area contributed by atoms with Gasteiger partial charge in [0.2, 0.25) is 0 Å². The van der Waals surface area contributed by atoms with Crippen LogP contribution in [0.4, 0.5) is 0 Å². The first kappa shape index (κ1) is 17.5. The number of aliphatic hydroxyl groups is 1. The van der Waals surface area contributed by atoms with Gasteiger partial charge >= 0.3 is 11.9 Å². The molecule has 1 aliphatic rings. The summed E-state index contributed by atoms with van der Waals surface area (Å²) in [7, 11) is 0. The molecule has 128 valence electrons. The first-order valence-electron chi connectivity index (χ1n) is 7.96. The van der Waals surface area contributed by atoms with Crippen LogP contribution in [0.1, 0.15) is 78.7 Å². The van der Waals surface area contributed by atoms with Crippen LogP contribution in [0.2, 0.25) is 0 Å². The molecule has 1 atom stereocenters. The van der Waals surface area contributed by atoms with Crippen LogP contribution in [-0.4, -0.2) is 34.2 Å². The molecule has 1 heterocycles. The molecule has 1 saturated carbocycles. The van der Waals surface area contributed by atoms with E-state index in [4.69, 9.17) is 9.47 Å². The van der Waals surface area contributed by atoms with Crippen molar-refractivity contribution in [1.82, 2.24) is 4.98 Å². The second kappa shape index (κ2) is 6.35. The van der Waals surface area contributed by atoms with E-state index in [0.29, 0.717) is 11.3 Å². The number of hydrogen-bond donors (Lipinski definition) is 2. The number of aromatic nitrogens is 1. The standard InChI is InChI=1S/C17H25NO5/c1-6-22-15(20)11-9(2)12(16(21)23-17(3,4)5)18-13(11)14(19)10-7-8-10/h10,14,18-19H,6-8H2,1-5H3/t14-/m0/s1. The van der Waals surface area contributed by atoms with Crippen LogP contribution < -0.4 is 0 Å². The minimum absolute atomic E-state index is 0.118. The van der Waals surface area contributed by atoms with Gasteiger partial charge in [0.1, 0.15) is 11.3 Å². The Morgan fingerprint density at radius 3 is 2.39 bits per heavy atom. The number of hydrogen-bond acceptors (Lipinski definition) is 5. The smallest absolute Gasteiger partial charge is 0.355 e. The van der Waals surface area contributed by atoms with Gasteiger partial charge in [0.15, 0.2) is 0 Å². The zero-order valence-corrected chi connectivity index (χ0v) is 14.4. The van der Waals surface area contributed by atoms with E-state index in [1.807, 2.05) is 0 Å². The third-order valence-electron chi connectivity index (χ3n) is 3.73. The topological polar surface area (TPSA) is 88.6 Å². The molecule has 1 aromatic heterocycles. The second-order valence-corrected chi connectivity index (χ2v) is 6.92. The van der Waals surface area contributed by atoms with E-state index in [1.165, 1.54) is 0 Å². The zero-order valence-electron chi connectivity index (χ0n) is 14.4. The molecular weight excluding hydrogens is 298 g/mol. The molecular formula is C17H25NO5. The van der Waals surface area contributed by atoms with E-state index >= 15 is 0 Å². The van der Waals surface area contributed by atoms with E-state index < -0.39 is 23.6 Å². The number of nitrogens with one attached hydrogen (secondary N) is 1. The van der Waals surface area contributed by atoms with Crippen LogP contribution in [0.15, 0.2) is 0 Å². The third-order valence-corrected chi connectivity index (χ3v) is 3.73. The van der Waals surface area contributed by atoms with Gasteiger partial charge in [-0.2, -0.15) is 0 Å². The molecule has 1 aliphatic carbocycles. The molecule has 23 heavy (non-hydrogen) atoms. The quantitative estimate of drug-likeness (QED) is 0.813. The van der Waals surface area contributed by atoms with Gasteiger partial charge in [-0.25, -0.2) is 9.59 Å². The fourth-order valence-electron chi connectivity index (χ4n) is 2.49. The van der Waals surface area contributed by atoms with Gasteiger partial charge in [-0.1, -0.05) is 0 Å². The summed E-state index contributed by atoms with van der Waals surface area (Å²) in [5.74, 6) is -0.965. The number of ether oxygens (including phenoxy) is 2. The molecule has 0 bridgehead atoms. The largest absolute Gasteiger partial charge is 0.462 e. The average Bonchev–Trinajstić information content (AvgIpc) is 3.19. The van der Waals surface area contributed by atoms with Crippen molar-refractivity contribution in [2.45, 2.75) is 59.2 Å². The van der Waals surface area contributed by atoms with E-state index in [9.17, 15) is 14.7 Å². The van der Waals surface area contributed by atoms with Crippen molar-refractivity contribution < 1.29 is 24.2 Å². The number of carbonyl (C=O) groups excluding carboxylic acids is 2. The van der Waals surface area contributed by atoms with Crippen molar-refractivity contribution in [1.29, 1.82) is 0 Å². The van der Waals surface area contributed by atoms with Crippen molar-refractivity contribution in [3.8, 4) is 0 Å². The van der Waals surface area contributed by atoms with Gasteiger partial charge in [0, 0.05) is 0 Å². The highest BCUT2D eigenvalue weighted by Crippen LogP contribution is 2.42. The Bertz CT molecular complexity index is 607. The molecule has 0 unspecified atom stereocenters. The molecule has 0 radical (unpaired) electrons. The Hall–Kier alpha value is -1.82. The lowest BCUT2D eigenvalue weighted by molar-refractivity contribution is 0.00622. The molecule has 2 rings (SSSR count). The number of rotatable bonds is 5. The van der Waals surface area contributed by atoms with Gasteiger partial charge in [-0.15, -0.1) is 0 Å². The Labute approximate surface area is 136 Å². The highest BCUT2D eigenvalue weighted by atomic mass is 16.6. The third kappa shape index (κ3) is 3.93. The molecule has 0 amide bonds. The van der Waals surface area contributed by atoms with E-state index in [2.05, 4.69) is 4.98 Å². The highest BCUT2D eigenvalue weighted by Gasteiger charge is 2.37. The monoisotopic (exact) mass is 323 g/mol. The molecule has 1 aromatic rings. The predicted octanol–water partition coefficient (Wildman–Crippen LogP) is 2.90. The zero-order chi connectivity index (χ0) is 17.4. The number of aromatic amines is 1. The van der Waals surface area contributed by atoms with Crippen LogP contribution in [0, 0.1) is 12.8 Å². The van der Waals surface area contributed by atoms with E-state index in [1.54, 1.807) is 34.6 Å². The summed E-state index contributed by atoms with van der Waals surface area (Å²) in [5.41, 5.74) is 0.593. The molecule has 6 heteroatoms. The minimum Gasteiger partial charge on any atom is -0.462 e. The maximum Gasteiger partial charge on any atom is 0.355 e. The Balaban J connectivity index is 2.42. The summed E-state index contributed by atoms with van der Waals surface area (Å²) in [6, 6.07) is 0. The van der Waals surface area contributed by atoms with Gasteiger partial charge in [0.25, 0.3) is 0 Å². The maximum absolute atomic E-state index is 12.3. The van der Waals surface area contributed by atoms with Gasteiger partial charge in [-0.3, -0.25) is 0 Å². The van der Waals surface area contributed by atoms with Crippen LogP contribution >= 0.6 is 0 Å². The SMILES string of the molecule is CCOC(=O)c1c([C@@H](O)C2CC2)[nH]c(C(=O)OC(C)(C)C)c1C. The highest BCUT2D eigenvalue weighted by molar-refractivity contribution is 5.98. The normalized spacial score (nSPS) is 16.1. The van der Waals surface area contributed by atoms with E-state index in [0.717, 1.165) is 12.8 Å². The Morgan fingerprint density at radius 2 is 1.91 bits per heavy atom. The fraction of sp³-hybridized carbons (Fsp3) is 0.647. The summed E-state index contributed by atoms with van der Waals surface area (Å²) in [5, 5.41) is 10.4. The van der Waals surface area contributed by atoms with Crippen molar-refractivity contribution in [2.75, 3.05) is 6.61 Å². The van der Waals surface area contributed by atoms with Crippen molar-refractivity contribution in [3.05, 3.63) is 22.5 Å². The summed E-state index contributed by atoms with van der Waals surface area (Å²) in [4.78, 5) is 27.5. The second-order valence-electron chi connectivity index (χ2n) is 6.92. The molecule has 0 aromatic carbocycles. The molecule has 6 nitrogen and oxygen atoms in total. The number of esters is 2. The van der Waals surface area contributed by atoms with Crippen LogP contribution in [0.25, 0.3) is 0 Å². The summed E-state index contributed by atoms with van der Waals surface area (Å²) in [6.07, 6.45) is 1.01. The summed E-state index contributed by atoms with van der Waals surface area (Å²) < 4.78 is 10.4. The number of carbonyl (C=O) groups is 2. The number of H-pyrrole nitrogens is 1. The van der Waals surface area contributed by atoms with Crippen LogP contribution in [0.5, 0.6) is 0 Å². The van der Waals surface area contributed by atoms with Gasteiger partial charge < -0.3 is 19.6 Å². The lowest BCUT2D eigenvalue weighted by Crippen LogP contribution is -2.24. The Morgan fingerprint density at radius 1 is 1.30 bits per heavy atom. The number of aliphatic hydroxyl groups excluding tert-OH is 1. The molecule has 0 spiro atoms. The van der Waals surface area contributed by atoms with Gasteiger partial charge in [0.05, 0.1) is 24.0 Å². The Kier molecular flexibility index (Phi) is 4.84. The first-order valence-corrected chi connectivity index (χ1v) is 7.96. The van der Waals surface area contributed by atoms with Crippen LogP contribution in [0.3, 0.4) is 0 Å².